The van der Waals surface area contributed by atoms with Crippen LogP contribution < -0.4 is 10.1 Å². The highest BCUT2D eigenvalue weighted by molar-refractivity contribution is 6.30. The summed E-state index contributed by atoms with van der Waals surface area (Å²) < 4.78 is 11.2. The van der Waals surface area contributed by atoms with Gasteiger partial charge in [-0.05, 0) is 48.4 Å². The Hall–Kier alpha value is -3.51. The molecule has 1 aliphatic heterocycles. The number of hydrogen-bond donors (Lipinski definition) is 1. The second-order valence-electron chi connectivity index (χ2n) is 7.59. The zero-order valence-electron chi connectivity index (χ0n) is 17.6. The molecule has 164 valence electrons. The van der Waals surface area contributed by atoms with Crippen molar-refractivity contribution in [2.24, 2.45) is 0 Å². The number of rotatable bonds is 5. The van der Waals surface area contributed by atoms with E-state index in [0.29, 0.717) is 29.5 Å². The number of hydrogen-bond acceptors (Lipinski definition) is 4. The Bertz CT molecular complexity index is 1100. The first-order valence-electron chi connectivity index (χ1n) is 10.3. The lowest BCUT2D eigenvalue weighted by atomic mass is 10.1. The maximum absolute atomic E-state index is 12.9. The number of fused-ring (bicyclic) bond motifs is 1. The van der Waals surface area contributed by atoms with Crippen LogP contribution in [0, 0.1) is 0 Å². The van der Waals surface area contributed by atoms with Crippen molar-refractivity contribution in [3.63, 3.8) is 0 Å². The fourth-order valence-corrected chi connectivity index (χ4v) is 3.62. The van der Waals surface area contributed by atoms with E-state index in [-0.39, 0.29) is 12.5 Å². The second kappa shape index (κ2) is 9.75. The standard InChI is InChI=1S/C25H23ClN2O4/c1-17-24(29)28(14-18-7-9-21(26)10-8-18)15-20-13-22(11-12-23(20)32-17)27-25(30)31-16-19-5-3-2-4-6-19/h2-13,17H,14-16H2,1H3,(H,27,30)/t17-/m0/s1. The third-order valence-corrected chi connectivity index (χ3v) is 5.38. The Balaban J connectivity index is 1.46. The van der Waals surface area contributed by atoms with Crippen LogP contribution in [0.1, 0.15) is 23.6 Å². The monoisotopic (exact) mass is 450 g/mol. The summed E-state index contributed by atoms with van der Waals surface area (Å²) in [5.74, 6) is 0.514. The fourth-order valence-electron chi connectivity index (χ4n) is 3.50. The molecule has 3 aromatic carbocycles. The summed E-state index contributed by atoms with van der Waals surface area (Å²) in [7, 11) is 0. The lowest BCUT2D eigenvalue weighted by Gasteiger charge is -2.22. The van der Waals surface area contributed by atoms with Crippen molar-refractivity contribution in [1.29, 1.82) is 0 Å². The van der Waals surface area contributed by atoms with Crippen molar-refractivity contribution in [3.05, 3.63) is 94.5 Å². The maximum atomic E-state index is 12.9. The minimum absolute atomic E-state index is 0.104. The van der Waals surface area contributed by atoms with Gasteiger partial charge in [-0.25, -0.2) is 4.79 Å². The van der Waals surface area contributed by atoms with Gasteiger partial charge in [0.1, 0.15) is 12.4 Å². The number of carbonyl (C=O) groups is 2. The maximum Gasteiger partial charge on any atom is 0.411 e. The molecule has 0 fully saturated rings. The predicted molar refractivity (Wildman–Crippen MR) is 122 cm³/mol. The van der Waals surface area contributed by atoms with Crippen LogP contribution in [0.5, 0.6) is 5.75 Å². The number of nitrogens with one attached hydrogen (secondary N) is 1. The van der Waals surface area contributed by atoms with Crippen molar-refractivity contribution in [1.82, 2.24) is 4.90 Å². The minimum Gasteiger partial charge on any atom is -0.481 e. The SMILES string of the molecule is C[C@@H]1Oc2ccc(NC(=O)OCc3ccccc3)cc2CN(Cc2ccc(Cl)cc2)C1=O. The van der Waals surface area contributed by atoms with E-state index in [1.165, 1.54) is 0 Å². The van der Waals surface area contributed by atoms with Gasteiger partial charge in [0.15, 0.2) is 6.10 Å². The molecule has 3 aromatic rings. The molecule has 32 heavy (non-hydrogen) atoms. The van der Waals surface area contributed by atoms with E-state index in [1.807, 2.05) is 42.5 Å². The van der Waals surface area contributed by atoms with Gasteiger partial charge in [-0.3, -0.25) is 10.1 Å². The van der Waals surface area contributed by atoms with Crippen LogP contribution >= 0.6 is 11.6 Å². The summed E-state index contributed by atoms with van der Waals surface area (Å²) >= 11 is 5.97. The normalized spacial score (nSPS) is 15.4. The van der Waals surface area contributed by atoms with Crippen LogP contribution in [-0.2, 0) is 29.2 Å². The Labute approximate surface area is 191 Å². The number of anilines is 1. The van der Waals surface area contributed by atoms with Gasteiger partial charge in [0.2, 0.25) is 0 Å². The highest BCUT2D eigenvalue weighted by Gasteiger charge is 2.28. The average molecular weight is 451 g/mol. The number of ether oxygens (including phenoxy) is 2. The fraction of sp³-hybridized carbons (Fsp3) is 0.200. The van der Waals surface area contributed by atoms with Gasteiger partial charge >= 0.3 is 6.09 Å². The number of amides is 2. The second-order valence-corrected chi connectivity index (χ2v) is 8.03. The van der Waals surface area contributed by atoms with Crippen LogP contribution in [0.15, 0.2) is 72.8 Å². The first-order valence-corrected chi connectivity index (χ1v) is 10.7. The van der Waals surface area contributed by atoms with E-state index in [1.54, 1.807) is 42.2 Å². The first kappa shape index (κ1) is 21.7. The van der Waals surface area contributed by atoms with Gasteiger partial charge in [0.25, 0.3) is 5.91 Å². The van der Waals surface area contributed by atoms with Crippen molar-refractivity contribution < 1.29 is 19.1 Å². The van der Waals surface area contributed by atoms with Crippen molar-refractivity contribution in [3.8, 4) is 5.75 Å². The Kier molecular flexibility index (Phi) is 6.61. The van der Waals surface area contributed by atoms with Gasteiger partial charge in [0, 0.05) is 29.4 Å². The van der Waals surface area contributed by atoms with Crippen LogP contribution in [0.3, 0.4) is 0 Å². The lowest BCUT2D eigenvalue weighted by Crippen LogP contribution is -2.37. The third kappa shape index (κ3) is 5.39. The Morgan fingerprint density at radius 2 is 1.84 bits per heavy atom. The molecule has 2 amide bonds. The predicted octanol–water partition coefficient (Wildman–Crippen LogP) is 5.40. The van der Waals surface area contributed by atoms with Crippen LogP contribution in [0.2, 0.25) is 5.02 Å². The Morgan fingerprint density at radius 3 is 2.59 bits per heavy atom. The van der Waals surface area contributed by atoms with Crippen molar-refractivity contribution in [2.45, 2.75) is 32.7 Å². The molecule has 0 saturated carbocycles. The molecule has 1 N–H and O–H groups in total. The molecule has 0 aromatic heterocycles. The first-order chi connectivity index (χ1) is 15.5. The zero-order valence-corrected chi connectivity index (χ0v) is 18.3. The molecule has 0 unspecified atom stereocenters. The van der Waals surface area contributed by atoms with E-state index in [9.17, 15) is 9.59 Å². The molecule has 0 bridgehead atoms. The van der Waals surface area contributed by atoms with Gasteiger partial charge in [-0.1, -0.05) is 54.1 Å². The molecular weight excluding hydrogens is 428 g/mol. The molecule has 1 atom stereocenters. The molecule has 1 aliphatic rings. The molecule has 4 rings (SSSR count). The summed E-state index contributed by atoms with van der Waals surface area (Å²) in [5.41, 5.74) is 3.25. The number of halogens is 1. The van der Waals surface area contributed by atoms with Crippen molar-refractivity contribution in [2.75, 3.05) is 5.32 Å². The van der Waals surface area contributed by atoms with E-state index in [4.69, 9.17) is 21.1 Å². The lowest BCUT2D eigenvalue weighted by molar-refractivity contribution is -0.138. The molecule has 0 aliphatic carbocycles. The average Bonchev–Trinajstić information content (AvgIpc) is 2.91. The molecule has 1 heterocycles. The summed E-state index contributed by atoms with van der Waals surface area (Å²) in [4.78, 5) is 26.8. The van der Waals surface area contributed by atoms with Gasteiger partial charge < -0.3 is 14.4 Å². The van der Waals surface area contributed by atoms with E-state index >= 15 is 0 Å². The van der Waals surface area contributed by atoms with Crippen molar-refractivity contribution >= 4 is 29.3 Å². The van der Waals surface area contributed by atoms with Gasteiger partial charge in [-0.2, -0.15) is 0 Å². The Morgan fingerprint density at radius 1 is 1.09 bits per heavy atom. The quantitative estimate of drug-likeness (QED) is 0.565. The molecule has 6 nitrogen and oxygen atoms in total. The highest BCUT2D eigenvalue weighted by Crippen LogP contribution is 2.29. The zero-order chi connectivity index (χ0) is 22.5. The summed E-state index contributed by atoms with van der Waals surface area (Å²) in [5, 5.41) is 3.39. The van der Waals surface area contributed by atoms with Crippen LogP contribution in [-0.4, -0.2) is 23.0 Å². The summed E-state index contributed by atoms with van der Waals surface area (Å²) in [6, 6.07) is 22.2. The number of nitrogens with zero attached hydrogens (tertiary/aromatic N) is 1. The minimum atomic E-state index is -0.613. The smallest absolute Gasteiger partial charge is 0.411 e. The van der Waals surface area contributed by atoms with Gasteiger partial charge in [0.05, 0.1) is 0 Å². The third-order valence-electron chi connectivity index (χ3n) is 5.13. The van der Waals surface area contributed by atoms with E-state index < -0.39 is 12.2 Å². The van der Waals surface area contributed by atoms with Gasteiger partial charge in [-0.15, -0.1) is 0 Å². The summed E-state index contributed by atoms with van der Waals surface area (Å²) in [6.45, 7) is 2.71. The number of carbonyl (C=O) groups excluding carboxylic acids is 2. The molecule has 7 heteroatoms. The molecule has 0 radical (unpaired) electrons. The largest absolute Gasteiger partial charge is 0.481 e. The highest BCUT2D eigenvalue weighted by atomic mass is 35.5. The number of benzene rings is 3. The van der Waals surface area contributed by atoms with E-state index in [2.05, 4.69) is 5.32 Å². The molecule has 0 saturated heterocycles. The topological polar surface area (TPSA) is 67.9 Å². The van der Waals surface area contributed by atoms with E-state index in [0.717, 1.165) is 16.7 Å². The molecular formula is C25H23ClN2O4. The van der Waals surface area contributed by atoms with Crippen LogP contribution in [0.25, 0.3) is 0 Å². The molecule has 0 spiro atoms. The van der Waals surface area contributed by atoms with Crippen LogP contribution in [0.4, 0.5) is 10.5 Å². The summed E-state index contributed by atoms with van der Waals surface area (Å²) in [6.07, 6.45) is -1.16.